The number of ketones is 1. The molecule has 1 fully saturated rings. The minimum Gasteiger partial charge on any atom is -0.299 e. The van der Waals surface area contributed by atoms with Gasteiger partial charge < -0.3 is 0 Å². The van der Waals surface area contributed by atoms with Crippen LogP contribution in [0.15, 0.2) is 12.7 Å². The average Bonchev–Trinajstić information content (AvgIpc) is 2.62. The van der Waals surface area contributed by atoms with E-state index < -0.39 is 0 Å². The Hall–Kier alpha value is -0.630. The van der Waals surface area contributed by atoms with Crippen molar-refractivity contribution >= 4 is 5.78 Å². The molecule has 15 heavy (non-hydrogen) atoms. The van der Waals surface area contributed by atoms with Gasteiger partial charge in [0.05, 0.1) is 0 Å². The monoisotopic (exact) mass is 209 g/mol. The first kappa shape index (κ1) is 12.4. The minimum atomic E-state index is 0.202. The zero-order valence-corrected chi connectivity index (χ0v) is 10.3. The number of nitrogens with zero attached hydrogens (tertiary/aromatic N) is 1. The van der Waals surface area contributed by atoms with Gasteiger partial charge in [0.15, 0.2) is 0 Å². The van der Waals surface area contributed by atoms with E-state index in [1.165, 1.54) is 0 Å². The zero-order chi connectivity index (χ0) is 11.5. The highest BCUT2D eigenvalue weighted by molar-refractivity contribution is 5.81. The fourth-order valence-electron chi connectivity index (χ4n) is 2.08. The Morgan fingerprint density at radius 2 is 2.20 bits per heavy atom. The van der Waals surface area contributed by atoms with Crippen molar-refractivity contribution < 1.29 is 4.79 Å². The summed E-state index contributed by atoms with van der Waals surface area (Å²) in [6, 6.07) is 0. The van der Waals surface area contributed by atoms with Gasteiger partial charge >= 0.3 is 0 Å². The van der Waals surface area contributed by atoms with Gasteiger partial charge in [-0.05, 0) is 40.2 Å². The highest BCUT2D eigenvalue weighted by atomic mass is 16.1. The molecule has 86 valence electrons. The van der Waals surface area contributed by atoms with Crippen molar-refractivity contribution in [1.29, 1.82) is 0 Å². The van der Waals surface area contributed by atoms with Crippen LogP contribution in [0.1, 0.15) is 40.0 Å². The largest absolute Gasteiger partial charge is 0.299 e. The number of allylic oxidation sites excluding steroid dienone is 1. The number of carbonyl (C=O) groups is 1. The molecule has 1 heterocycles. The Labute approximate surface area is 93.3 Å². The van der Waals surface area contributed by atoms with Crippen LogP contribution in [0, 0.1) is 5.92 Å². The molecule has 0 amide bonds. The van der Waals surface area contributed by atoms with Crippen molar-refractivity contribution in [1.82, 2.24) is 4.90 Å². The molecule has 0 aromatic carbocycles. The number of carbonyl (C=O) groups excluding carboxylic acids is 1. The van der Waals surface area contributed by atoms with Crippen LogP contribution in [-0.2, 0) is 4.79 Å². The van der Waals surface area contributed by atoms with E-state index in [9.17, 15) is 4.79 Å². The van der Waals surface area contributed by atoms with Crippen LogP contribution in [0.2, 0.25) is 0 Å². The third kappa shape index (κ3) is 3.45. The molecule has 0 aromatic rings. The lowest BCUT2D eigenvalue weighted by Crippen LogP contribution is -2.39. The molecule has 1 saturated heterocycles. The second-order valence-electron chi connectivity index (χ2n) is 5.40. The van der Waals surface area contributed by atoms with Crippen molar-refractivity contribution in [3.8, 4) is 0 Å². The molecule has 0 bridgehead atoms. The lowest BCUT2D eigenvalue weighted by molar-refractivity contribution is -0.122. The standard InChI is InChI=1S/C13H23NO/c1-5-6-7-12(15)11-8-9-14(10-11)13(2,3)4/h5,11H,1,6-10H2,2-4H3. The third-order valence-electron chi connectivity index (χ3n) is 3.19. The maximum atomic E-state index is 11.8. The summed E-state index contributed by atoms with van der Waals surface area (Å²) in [5, 5.41) is 0. The van der Waals surface area contributed by atoms with Gasteiger partial charge in [0, 0.05) is 24.4 Å². The third-order valence-corrected chi connectivity index (χ3v) is 3.19. The fourth-order valence-corrected chi connectivity index (χ4v) is 2.08. The molecule has 0 spiro atoms. The molecule has 0 saturated carbocycles. The number of Topliss-reactive ketones (excluding diaryl/α,β-unsaturated/α-hetero) is 1. The Balaban J connectivity index is 2.42. The van der Waals surface area contributed by atoms with Crippen molar-refractivity contribution in [2.45, 2.75) is 45.6 Å². The highest BCUT2D eigenvalue weighted by Gasteiger charge is 2.33. The second-order valence-corrected chi connectivity index (χ2v) is 5.40. The molecule has 1 atom stereocenters. The van der Waals surface area contributed by atoms with E-state index in [1.54, 1.807) is 0 Å². The van der Waals surface area contributed by atoms with E-state index >= 15 is 0 Å². The number of likely N-dealkylation sites (tertiary alicyclic amines) is 1. The molecule has 0 N–H and O–H groups in total. The summed E-state index contributed by atoms with van der Waals surface area (Å²) in [4.78, 5) is 14.2. The summed E-state index contributed by atoms with van der Waals surface area (Å²) in [6.07, 6.45) is 4.36. The normalized spacial score (nSPS) is 23.0. The van der Waals surface area contributed by atoms with Crippen molar-refractivity contribution in [2.75, 3.05) is 13.1 Å². The maximum Gasteiger partial charge on any atom is 0.137 e. The summed E-state index contributed by atoms with van der Waals surface area (Å²) in [5.41, 5.74) is 0.202. The van der Waals surface area contributed by atoms with Crippen LogP contribution < -0.4 is 0 Å². The van der Waals surface area contributed by atoms with Crippen molar-refractivity contribution in [2.24, 2.45) is 5.92 Å². The van der Waals surface area contributed by atoms with E-state index in [4.69, 9.17) is 0 Å². The topological polar surface area (TPSA) is 20.3 Å². The Morgan fingerprint density at radius 3 is 2.67 bits per heavy atom. The quantitative estimate of drug-likeness (QED) is 0.663. The first-order valence-corrected chi connectivity index (χ1v) is 5.84. The van der Waals surface area contributed by atoms with E-state index in [2.05, 4.69) is 32.3 Å². The molecule has 1 aliphatic rings. The lowest BCUT2D eigenvalue weighted by Gasteiger charge is -2.31. The van der Waals surface area contributed by atoms with Crippen LogP contribution in [0.25, 0.3) is 0 Å². The fraction of sp³-hybridized carbons (Fsp3) is 0.769. The van der Waals surface area contributed by atoms with Crippen LogP contribution >= 0.6 is 0 Å². The molecule has 1 aliphatic heterocycles. The predicted octanol–water partition coefficient (Wildman–Crippen LogP) is 2.64. The lowest BCUT2D eigenvalue weighted by atomic mass is 9.99. The van der Waals surface area contributed by atoms with Gasteiger partial charge in [-0.15, -0.1) is 6.58 Å². The van der Waals surface area contributed by atoms with Gasteiger partial charge in [-0.25, -0.2) is 0 Å². The molecule has 0 aromatic heterocycles. The maximum absolute atomic E-state index is 11.8. The molecular formula is C13H23NO. The van der Waals surface area contributed by atoms with Gasteiger partial charge in [-0.3, -0.25) is 9.69 Å². The van der Waals surface area contributed by atoms with E-state index in [-0.39, 0.29) is 11.5 Å². The molecule has 2 heteroatoms. The van der Waals surface area contributed by atoms with Gasteiger partial charge in [0.25, 0.3) is 0 Å². The Morgan fingerprint density at radius 1 is 1.53 bits per heavy atom. The van der Waals surface area contributed by atoms with Gasteiger partial charge in [-0.1, -0.05) is 6.08 Å². The second kappa shape index (κ2) is 4.93. The molecular weight excluding hydrogens is 186 g/mol. The van der Waals surface area contributed by atoms with E-state index in [0.29, 0.717) is 12.2 Å². The van der Waals surface area contributed by atoms with Crippen molar-refractivity contribution in [3.63, 3.8) is 0 Å². The number of hydrogen-bond acceptors (Lipinski definition) is 2. The average molecular weight is 209 g/mol. The number of rotatable bonds is 4. The molecule has 2 nitrogen and oxygen atoms in total. The van der Waals surface area contributed by atoms with Crippen LogP contribution in [0.3, 0.4) is 0 Å². The summed E-state index contributed by atoms with van der Waals surface area (Å²) in [6.45, 7) is 12.3. The SMILES string of the molecule is C=CCCC(=O)C1CCN(C(C)(C)C)C1. The smallest absolute Gasteiger partial charge is 0.137 e. The predicted molar refractivity (Wildman–Crippen MR) is 63.9 cm³/mol. The van der Waals surface area contributed by atoms with Gasteiger partial charge in [0.1, 0.15) is 5.78 Å². The Kier molecular flexibility index (Phi) is 4.09. The molecule has 1 rings (SSSR count). The van der Waals surface area contributed by atoms with E-state index in [0.717, 1.165) is 25.9 Å². The van der Waals surface area contributed by atoms with Crippen LogP contribution in [0.5, 0.6) is 0 Å². The van der Waals surface area contributed by atoms with Crippen LogP contribution in [0.4, 0.5) is 0 Å². The number of hydrogen-bond donors (Lipinski definition) is 0. The zero-order valence-electron chi connectivity index (χ0n) is 10.3. The van der Waals surface area contributed by atoms with Gasteiger partial charge in [-0.2, -0.15) is 0 Å². The molecule has 0 radical (unpaired) electrons. The Bertz CT molecular complexity index is 239. The molecule has 0 aliphatic carbocycles. The van der Waals surface area contributed by atoms with Crippen molar-refractivity contribution in [3.05, 3.63) is 12.7 Å². The summed E-state index contributed by atoms with van der Waals surface area (Å²) < 4.78 is 0. The highest BCUT2D eigenvalue weighted by Crippen LogP contribution is 2.25. The first-order valence-electron chi connectivity index (χ1n) is 5.84. The summed E-state index contributed by atoms with van der Waals surface area (Å²) in [5.74, 6) is 0.686. The van der Waals surface area contributed by atoms with E-state index in [1.807, 2.05) is 6.08 Å². The van der Waals surface area contributed by atoms with Crippen LogP contribution in [-0.4, -0.2) is 29.3 Å². The minimum absolute atomic E-state index is 0.202. The molecule has 1 unspecified atom stereocenters. The summed E-state index contributed by atoms with van der Waals surface area (Å²) in [7, 11) is 0. The van der Waals surface area contributed by atoms with Gasteiger partial charge in [0.2, 0.25) is 0 Å². The first-order chi connectivity index (χ1) is 6.95. The summed E-state index contributed by atoms with van der Waals surface area (Å²) >= 11 is 0.